The molecule has 4 heterocycles. The minimum Gasteiger partial charge on any atom is -0.496 e. The van der Waals surface area contributed by atoms with Gasteiger partial charge in [-0.3, -0.25) is 5.32 Å². The third-order valence-electron chi connectivity index (χ3n) is 9.55. The molecule has 0 amide bonds. The van der Waals surface area contributed by atoms with E-state index in [4.69, 9.17) is 33.3 Å². The number of aliphatic hydroxyl groups excluding tert-OH is 1. The lowest BCUT2D eigenvalue weighted by Crippen LogP contribution is -2.79. The molecular weight excluding hydrogens is 596 g/mol. The molecule has 6 rings (SSSR count). The summed E-state index contributed by atoms with van der Waals surface area (Å²) < 4.78 is 29.5. The van der Waals surface area contributed by atoms with Gasteiger partial charge in [-0.15, -0.1) is 0 Å². The molecule has 0 saturated carbocycles. The summed E-state index contributed by atoms with van der Waals surface area (Å²) in [6.07, 6.45) is 1.42. The Morgan fingerprint density at radius 3 is 2.19 bits per heavy atom. The van der Waals surface area contributed by atoms with E-state index >= 15 is 0 Å². The zero-order valence-electron chi connectivity index (χ0n) is 28.7. The van der Waals surface area contributed by atoms with Crippen LogP contribution in [0.15, 0.2) is 52.9 Å². The van der Waals surface area contributed by atoms with Crippen LogP contribution in [0.4, 0.5) is 11.6 Å². The molecule has 3 N–H and O–H groups in total. The molecule has 2 aliphatic heterocycles. The van der Waals surface area contributed by atoms with Crippen molar-refractivity contribution in [1.29, 1.82) is 0 Å². The Kier molecular flexibility index (Phi) is 8.95. The number of rotatable bonds is 10. The molecule has 2 aliphatic rings. The van der Waals surface area contributed by atoms with Gasteiger partial charge in [0.05, 0.1) is 32.5 Å². The first-order valence-electron chi connectivity index (χ1n) is 16.3. The van der Waals surface area contributed by atoms with Gasteiger partial charge < -0.3 is 33.4 Å². The summed E-state index contributed by atoms with van der Waals surface area (Å²) in [5.41, 5.74) is 5.76. The molecule has 1 fully saturated rings. The van der Waals surface area contributed by atoms with E-state index in [1.54, 1.807) is 32.7 Å². The van der Waals surface area contributed by atoms with Crippen molar-refractivity contribution in [3.63, 3.8) is 0 Å². The number of fused-ring (bicyclic) bond motifs is 1. The lowest BCUT2D eigenvalue weighted by molar-refractivity contribution is -0.664. The second-order valence-corrected chi connectivity index (χ2v) is 13.5. The zero-order valence-corrected chi connectivity index (χ0v) is 28.7. The smallest absolute Gasteiger partial charge is 0.285 e. The van der Waals surface area contributed by atoms with Gasteiger partial charge >= 0.3 is 0 Å². The van der Waals surface area contributed by atoms with Gasteiger partial charge in [-0.1, -0.05) is 30.3 Å². The van der Waals surface area contributed by atoms with Crippen LogP contribution in [0, 0.1) is 6.92 Å². The van der Waals surface area contributed by atoms with Gasteiger partial charge in [0, 0.05) is 19.5 Å². The highest BCUT2D eigenvalue weighted by Crippen LogP contribution is 2.47. The largest absolute Gasteiger partial charge is 0.496 e. The Bertz CT molecular complexity index is 1720. The minimum absolute atomic E-state index is 0.325. The molecule has 47 heavy (non-hydrogen) atoms. The molecule has 2 aromatic heterocycles. The first-order chi connectivity index (χ1) is 22.4. The Morgan fingerprint density at radius 2 is 1.55 bits per heavy atom. The zero-order chi connectivity index (χ0) is 33.5. The van der Waals surface area contributed by atoms with Crippen LogP contribution in [-0.4, -0.2) is 49.5 Å². The highest BCUT2D eigenvalue weighted by atomic mass is 16.5. The summed E-state index contributed by atoms with van der Waals surface area (Å²) in [5, 5.41) is 12.9. The van der Waals surface area contributed by atoms with Crippen molar-refractivity contribution in [1.82, 2.24) is 9.97 Å². The number of aromatic nitrogens is 2. The molecule has 10 nitrogen and oxygen atoms in total. The number of para-hydroxylation sites is 1. The molecule has 250 valence electrons. The van der Waals surface area contributed by atoms with Gasteiger partial charge in [0.2, 0.25) is 5.95 Å². The Hall–Kier alpha value is -4.12. The first-order valence-corrected chi connectivity index (χ1v) is 16.3. The van der Waals surface area contributed by atoms with Crippen molar-refractivity contribution < 1.29 is 33.8 Å². The SMILES string of the molecule is COc1ccccc1C1CCN(c2nc(OC)c([NH2+]C(O)c3ccc(Cc4cc5c(cc4C)C(C)(C)OC5(C)C)o3)c(OC)n2)CC1. The Labute approximate surface area is 277 Å². The van der Waals surface area contributed by atoms with Crippen molar-refractivity contribution in [2.45, 2.75) is 77.2 Å². The average molecular weight is 644 g/mol. The standard InChI is InChI=1S/C37H46N4O6/c1-22-19-27-28(37(4,5)47-36(27,2)3)21-24(22)20-25-13-14-30(46-25)32(42)38-31-33(44-7)39-35(40-34(31)45-8)41-17-15-23(16-18-41)26-11-9-10-12-29(26)43-6/h9-14,19,21,23,32,38,42H,15-18,20H2,1-8H3/p+1. The summed E-state index contributed by atoms with van der Waals surface area (Å²) in [5.74, 6) is 3.67. The molecule has 0 aliphatic carbocycles. The van der Waals surface area contributed by atoms with Gasteiger partial charge in [0.25, 0.3) is 23.7 Å². The number of ether oxygens (including phenoxy) is 4. The number of nitrogens with zero attached hydrogens (tertiary/aromatic N) is 3. The number of aliphatic hydroxyl groups is 1. The van der Waals surface area contributed by atoms with Crippen LogP contribution in [0.5, 0.6) is 17.5 Å². The van der Waals surface area contributed by atoms with Crippen molar-refractivity contribution in [2.75, 3.05) is 39.3 Å². The molecule has 1 saturated heterocycles. The summed E-state index contributed by atoms with van der Waals surface area (Å²) in [4.78, 5) is 11.6. The van der Waals surface area contributed by atoms with Crippen LogP contribution in [-0.2, 0) is 22.4 Å². The number of hydrogen-bond acceptors (Lipinski definition) is 9. The lowest BCUT2D eigenvalue weighted by atomic mass is 9.86. The molecule has 1 unspecified atom stereocenters. The fourth-order valence-corrected chi connectivity index (χ4v) is 7.17. The summed E-state index contributed by atoms with van der Waals surface area (Å²) >= 11 is 0. The van der Waals surface area contributed by atoms with E-state index in [0.29, 0.717) is 41.5 Å². The Balaban J connectivity index is 1.16. The van der Waals surface area contributed by atoms with E-state index in [0.717, 1.165) is 43.0 Å². The van der Waals surface area contributed by atoms with Crippen LogP contribution in [0.2, 0.25) is 0 Å². The number of quaternary nitrogens is 1. The topological polar surface area (TPSA) is 116 Å². The maximum atomic E-state index is 11.2. The second-order valence-electron chi connectivity index (χ2n) is 13.5. The van der Waals surface area contributed by atoms with E-state index in [-0.39, 0.29) is 11.2 Å². The number of benzene rings is 2. The van der Waals surface area contributed by atoms with Crippen molar-refractivity contribution in [3.8, 4) is 17.5 Å². The molecule has 0 spiro atoms. The van der Waals surface area contributed by atoms with Crippen LogP contribution < -0.4 is 24.4 Å². The predicted molar refractivity (Wildman–Crippen MR) is 179 cm³/mol. The number of nitrogens with two attached hydrogens (primary N) is 1. The number of methoxy groups -OCH3 is 3. The number of aryl methyl sites for hydroxylation is 1. The van der Waals surface area contributed by atoms with Crippen LogP contribution in [0.25, 0.3) is 0 Å². The lowest BCUT2D eigenvalue weighted by Gasteiger charge is -2.33. The highest BCUT2D eigenvalue weighted by Gasteiger charge is 2.43. The van der Waals surface area contributed by atoms with Gasteiger partial charge in [0.1, 0.15) is 11.5 Å². The van der Waals surface area contributed by atoms with Gasteiger partial charge in [-0.05, 0) is 99.4 Å². The summed E-state index contributed by atoms with van der Waals surface area (Å²) in [6.45, 7) is 12.1. The van der Waals surface area contributed by atoms with Crippen molar-refractivity contribution in [2.24, 2.45) is 0 Å². The van der Waals surface area contributed by atoms with E-state index in [1.807, 2.05) is 18.2 Å². The first kappa shape index (κ1) is 32.8. The van der Waals surface area contributed by atoms with Crippen LogP contribution in [0.3, 0.4) is 0 Å². The predicted octanol–water partition coefficient (Wildman–Crippen LogP) is 5.77. The number of piperidine rings is 1. The number of hydrogen-bond donors (Lipinski definition) is 2. The maximum Gasteiger partial charge on any atom is 0.285 e. The van der Waals surface area contributed by atoms with Gasteiger partial charge in [-0.25, -0.2) is 0 Å². The third kappa shape index (κ3) is 6.42. The quantitative estimate of drug-likeness (QED) is 0.208. The highest BCUT2D eigenvalue weighted by molar-refractivity contribution is 5.54. The molecule has 10 heteroatoms. The minimum atomic E-state index is -1.06. The molecule has 2 aromatic carbocycles. The van der Waals surface area contributed by atoms with E-state index < -0.39 is 6.23 Å². The van der Waals surface area contributed by atoms with Crippen LogP contribution in [0.1, 0.15) is 92.0 Å². The fraction of sp³-hybridized carbons (Fsp3) is 0.459. The van der Waals surface area contributed by atoms with Gasteiger partial charge in [0.15, 0.2) is 5.76 Å². The van der Waals surface area contributed by atoms with Crippen molar-refractivity contribution >= 4 is 11.6 Å². The molecule has 0 radical (unpaired) electrons. The second kappa shape index (κ2) is 12.8. The van der Waals surface area contributed by atoms with Crippen LogP contribution >= 0.6 is 0 Å². The van der Waals surface area contributed by atoms with E-state index in [9.17, 15) is 5.11 Å². The average Bonchev–Trinajstić information content (AvgIpc) is 3.60. The van der Waals surface area contributed by atoms with E-state index in [1.165, 1.54) is 22.3 Å². The van der Waals surface area contributed by atoms with Gasteiger partial charge in [-0.2, -0.15) is 9.97 Å². The molecule has 0 bridgehead atoms. The molecule has 1 atom stereocenters. The fourth-order valence-electron chi connectivity index (χ4n) is 7.17. The number of anilines is 1. The molecular formula is C37H47N4O6+. The normalized spacial score (nSPS) is 17.8. The summed E-state index contributed by atoms with van der Waals surface area (Å²) in [6, 6.07) is 16.4. The monoisotopic (exact) mass is 643 g/mol. The molecule has 4 aromatic rings. The van der Waals surface area contributed by atoms with E-state index in [2.05, 4.69) is 63.8 Å². The third-order valence-corrected chi connectivity index (χ3v) is 9.55. The Morgan fingerprint density at radius 1 is 0.915 bits per heavy atom. The number of furan rings is 1. The summed E-state index contributed by atoms with van der Waals surface area (Å²) in [7, 11) is 4.83. The van der Waals surface area contributed by atoms with Crippen molar-refractivity contribution in [3.05, 3.63) is 87.9 Å². The maximum absolute atomic E-state index is 11.2.